The summed E-state index contributed by atoms with van der Waals surface area (Å²) in [5.74, 6) is 2.48. The predicted octanol–water partition coefficient (Wildman–Crippen LogP) is 4.76. The standard InChI is InChI=1S/C23H24F3N3O/c1-2-13-29(16-18-7-6-12-27-15-18)21(30)28-17-22(10-3-4-11-22)19-8-5-9-20(14-19)23(24,25)26/h1,5-9,12,14-15H,3-4,10-11,13,16-17H2,(H,28,30). The number of aromatic nitrogens is 1. The van der Waals surface area contributed by atoms with Gasteiger partial charge in [0.2, 0.25) is 0 Å². The van der Waals surface area contributed by atoms with Crippen molar-refractivity contribution in [1.29, 1.82) is 0 Å². The number of alkyl halides is 3. The Morgan fingerprint density at radius 2 is 2.00 bits per heavy atom. The molecule has 1 aliphatic rings. The highest BCUT2D eigenvalue weighted by Crippen LogP contribution is 2.42. The Balaban J connectivity index is 1.75. The molecular weight excluding hydrogens is 391 g/mol. The van der Waals surface area contributed by atoms with Crippen LogP contribution >= 0.6 is 0 Å². The summed E-state index contributed by atoms with van der Waals surface area (Å²) in [6, 6.07) is 8.75. The minimum atomic E-state index is -4.40. The number of halogens is 3. The van der Waals surface area contributed by atoms with Crippen LogP contribution in [0.1, 0.15) is 42.4 Å². The lowest BCUT2D eigenvalue weighted by Crippen LogP contribution is -2.45. The van der Waals surface area contributed by atoms with Gasteiger partial charge in [0.15, 0.2) is 0 Å². The van der Waals surface area contributed by atoms with Crippen molar-refractivity contribution >= 4 is 6.03 Å². The number of rotatable bonds is 6. The van der Waals surface area contributed by atoms with Crippen molar-refractivity contribution in [3.8, 4) is 12.3 Å². The number of carbonyl (C=O) groups is 1. The molecule has 0 saturated heterocycles. The van der Waals surface area contributed by atoms with E-state index in [9.17, 15) is 18.0 Å². The maximum atomic E-state index is 13.2. The monoisotopic (exact) mass is 415 g/mol. The van der Waals surface area contributed by atoms with Crippen molar-refractivity contribution in [2.75, 3.05) is 13.1 Å². The third-order valence-corrected chi connectivity index (χ3v) is 5.61. The van der Waals surface area contributed by atoms with Gasteiger partial charge >= 0.3 is 12.2 Å². The first-order chi connectivity index (χ1) is 14.3. The Labute approximate surface area is 174 Å². The average molecular weight is 415 g/mol. The van der Waals surface area contributed by atoms with Crippen LogP contribution < -0.4 is 5.32 Å². The van der Waals surface area contributed by atoms with Crippen molar-refractivity contribution < 1.29 is 18.0 Å². The molecule has 30 heavy (non-hydrogen) atoms. The largest absolute Gasteiger partial charge is 0.416 e. The van der Waals surface area contributed by atoms with E-state index in [0.29, 0.717) is 12.1 Å². The molecule has 0 atom stereocenters. The molecule has 0 bridgehead atoms. The van der Waals surface area contributed by atoms with Gasteiger partial charge < -0.3 is 10.2 Å². The van der Waals surface area contributed by atoms with Crippen LogP contribution in [0, 0.1) is 12.3 Å². The second-order valence-electron chi connectivity index (χ2n) is 7.65. The normalized spacial score (nSPS) is 15.4. The fourth-order valence-corrected chi connectivity index (χ4v) is 4.02. The number of hydrogen-bond acceptors (Lipinski definition) is 2. The molecule has 1 N–H and O–H groups in total. The van der Waals surface area contributed by atoms with Crippen LogP contribution in [0.25, 0.3) is 0 Å². The quantitative estimate of drug-likeness (QED) is 0.692. The molecule has 3 rings (SSSR count). The Bertz CT molecular complexity index is 900. The van der Waals surface area contributed by atoms with E-state index in [4.69, 9.17) is 6.42 Å². The average Bonchev–Trinajstić information content (AvgIpc) is 3.22. The second-order valence-corrected chi connectivity index (χ2v) is 7.65. The van der Waals surface area contributed by atoms with Crippen molar-refractivity contribution in [3.63, 3.8) is 0 Å². The first-order valence-electron chi connectivity index (χ1n) is 9.87. The van der Waals surface area contributed by atoms with Crippen LogP contribution in [-0.4, -0.2) is 29.0 Å². The second kappa shape index (κ2) is 9.21. The summed E-state index contributed by atoms with van der Waals surface area (Å²) in [4.78, 5) is 18.3. The molecule has 1 saturated carbocycles. The van der Waals surface area contributed by atoms with E-state index >= 15 is 0 Å². The highest BCUT2D eigenvalue weighted by atomic mass is 19.4. The SMILES string of the molecule is C#CCN(Cc1cccnc1)C(=O)NCC1(c2cccc(C(F)(F)F)c2)CCCC1. The number of benzene rings is 1. The van der Waals surface area contributed by atoms with Gasteiger partial charge in [-0.05, 0) is 36.1 Å². The molecule has 1 heterocycles. The third kappa shape index (κ3) is 5.12. The number of amides is 2. The maximum Gasteiger partial charge on any atom is 0.416 e. The van der Waals surface area contributed by atoms with Gasteiger partial charge in [-0.2, -0.15) is 13.2 Å². The van der Waals surface area contributed by atoms with Gasteiger partial charge in [-0.1, -0.05) is 43.0 Å². The fraction of sp³-hybridized carbons (Fsp3) is 0.391. The number of carbonyl (C=O) groups excluding carboxylic acids is 1. The zero-order chi connectivity index (χ0) is 21.6. The summed E-state index contributed by atoms with van der Waals surface area (Å²) >= 11 is 0. The van der Waals surface area contributed by atoms with Crippen LogP contribution in [-0.2, 0) is 18.1 Å². The van der Waals surface area contributed by atoms with Crippen molar-refractivity contribution in [2.45, 2.75) is 43.8 Å². The predicted molar refractivity (Wildman–Crippen MR) is 108 cm³/mol. The Morgan fingerprint density at radius 3 is 2.63 bits per heavy atom. The molecule has 158 valence electrons. The number of terminal acetylenes is 1. The molecule has 1 aromatic carbocycles. The van der Waals surface area contributed by atoms with E-state index in [0.717, 1.165) is 37.3 Å². The summed E-state index contributed by atoms with van der Waals surface area (Å²) < 4.78 is 39.6. The van der Waals surface area contributed by atoms with Crippen LogP contribution in [0.15, 0.2) is 48.8 Å². The van der Waals surface area contributed by atoms with E-state index in [2.05, 4.69) is 16.2 Å². The van der Waals surface area contributed by atoms with E-state index in [-0.39, 0.29) is 19.1 Å². The lowest BCUT2D eigenvalue weighted by molar-refractivity contribution is -0.137. The summed E-state index contributed by atoms with van der Waals surface area (Å²) in [7, 11) is 0. The third-order valence-electron chi connectivity index (χ3n) is 5.61. The molecule has 0 radical (unpaired) electrons. The molecule has 2 aromatic rings. The molecular formula is C23H24F3N3O. The van der Waals surface area contributed by atoms with E-state index in [1.807, 2.05) is 6.07 Å². The molecule has 0 aliphatic heterocycles. The molecule has 0 spiro atoms. The molecule has 1 aromatic heterocycles. The number of pyridine rings is 1. The number of nitrogens with one attached hydrogen (secondary N) is 1. The topological polar surface area (TPSA) is 45.2 Å². The van der Waals surface area contributed by atoms with Gasteiger partial charge in [0.1, 0.15) is 0 Å². The zero-order valence-electron chi connectivity index (χ0n) is 16.6. The Kier molecular flexibility index (Phi) is 6.66. The molecule has 7 heteroatoms. The minimum absolute atomic E-state index is 0.122. The fourth-order valence-electron chi connectivity index (χ4n) is 4.02. The van der Waals surface area contributed by atoms with E-state index in [1.165, 1.54) is 17.0 Å². The number of urea groups is 1. The molecule has 1 aliphatic carbocycles. The number of hydrogen-bond donors (Lipinski definition) is 1. The van der Waals surface area contributed by atoms with Crippen molar-refractivity contribution in [2.24, 2.45) is 0 Å². The van der Waals surface area contributed by atoms with E-state index in [1.54, 1.807) is 24.5 Å². The number of nitrogens with zero attached hydrogens (tertiary/aromatic N) is 2. The van der Waals surface area contributed by atoms with E-state index < -0.39 is 17.2 Å². The first kappa shape index (κ1) is 21.7. The zero-order valence-corrected chi connectivity index (χ0v) is 16.6. The minimum Gasteiger partial charge on any atom is -0.337 e. The summed E-state index contributed by atoms with van der Waals surface area (Å²) in [5, 5.41) is 2.92. The van der Waals surface area contributed by atoms with Gasteiger partial charge in [-0.3, -0.25) is 4.98 Å². The van der Waals surface area contributed by atoms with Crippen LogP contribution in [0.2, 0.25) is 0 Å². The van der Waals surface area contributed by atoms with Gasteiger partial charge in [0, 0.05) is 30.9 Å². The summed E-state index contributed by atoms with van der Waals surface area (Å²) in [5.41, 5.74) is 0.290. The van der Waals surface area contributed by atoms with Crippen LogP contribution in [0.5, 0.6) is 0 Å². The Morgan fingerprint density at radius 1 is 1.23 bits per heavy atom. The molecule has 4 nitrogen and oxygen atoms in total. The van der Waals surface area contributed by atoms with Crippen molar-refractivity contribution in [1.82, 2.24) is 15.2 Å². The highest BCUT2D eigenvalue weighted by molar-refractivity contribution is 5.74. The van der Waals surface area contributed by atoms with Crippen LogP contribution in [0.4, 0.5) is 18.0 Å². The molecule has 1 fully saturated rings. The molecule has 2 amide bonds. The highest BCUT2D eigenvalue weighted by Gasteiger charge is 2.38. The lowest BCUT2D eigenvalue weighted by atomic mass is 9.78. The van der Waals surface area contributed by atoms with Gasteiger partial charge in [0.25, 0.3) is 0 Å². The van der Waals surface area contributed by atoms with Crippen molar-refractivity contribution in [3.05, 3.63) is 65.5 Å². The van der Waals surface area contributed by atoms with Gasteiger partial charge in [-0.25, -0.2) is 4.79 Å². The van der Waals surface area contributed by atoms with Gasteiger partial charge in [-0.15, -0.1) is 6.42 Å². The van der Waals surface area contributed by atoms with Gasteiger partial charge in [0.05, 0.1) is 12.1 Å². The summed E-state index contributed by atoms with van der Waals surface area (Å²) in [6.45, 7) is 0.693. The molecule has 0 unspecified atom stereocenters. The maximum absolute atomic E-state index is 13.2. The smallest absolute Gasteiger partial charge is 0.337 e. The summed E-state index contributed by atoms with van der Waals surface area (Å²) in [6.07, 6.45) is 7.62. The Hall–Kier alpha value is -3.01. The first-order valence-corrected chi connectivity index (χ1v) is 9.87. The van der Waals surface area contributed by atoms with Crippen LogP contribution in [0.3, 0.4) is 0 Å². The lowest BCUT2D eigenvalue weighted by Gasteiger charge is -2.32.